The highest BCUT2D eigenvalue weighted by Crippen LogP contribution is 1.83. The smallest absolute Gasteiger partial charge is 0.220 e. The molecule has 0 saturated heterocycles. The Morgan fingerprint density at radius 2 is 2.00 bits per heavy atom. The molecule has 11 heavy (non-hydrogen) atoms. The van der Waals surface area contributed by atoms with Crippen LogP contribution in [0, 0.1) is 0 Å². The van der Waals surface area contributed by atoms with E-state index >= 15 is 0 Å². The van der Waals surface area contributed by atoms with Crippen LogP contribution in [-0.4, -0.2) is 19.0 Å². The Labute approximate surface area is 79.9 Å². The molecule has 0 bridgehead atoms. The molecule has 0 rings (SSSR count). The lowest BCUT2D eigenvalue weighted by atomic mass is 10.3. The Morgan fingerprint density at radius 1 is 1.45 bits per heavy atom. The van der Waals surface area contributed by atoms with Gasteiger partial charge in [0.25, 0.3) is 0 Å². The average Bonchev–Trinajstić information content (AvgIpc) is 1.85. The van der Waals surface area contributed by atoms with Crippen LogP contribution in [0.3, 0.4) is 0 Å². The van der Waals surface area contributed by atoms with E-state index < -0.39 is 0 Å². The molecule has 0 aliphatic rings. The number of hydrogen-bond acceptors (Lipinski definition) is 2. The summed E-state index contributed by atoms with van der Waals surface area (Å²) in [4.78, 5) is 10.6. The van der Waals surface area contributed by atoms with Gasteiger partial charge in [-0.05, 0) is 6.42 Å². The zero-order valence-electron chi connectivity index (χ0n) is 6.63. The molecule has 3 N–H and O–H groups in total. The normalized spacial score (nSPS) is 7.45. The van der Waals surface area contributed by atoms with E-state index in [4.69, 9.17) is 5.73 Å². The molecular formula is C6H16Cl2N2O. The first-order valence-electron chi connectivity index (χ1n) is 3.28. The first kappa shape index (κ1) is 17.2. The van der Waals surface area contributed by atoms with Crippen molar-refractivity contribution in [2.24, 2.45) is 5.73 Å². The van der Waals surface area contributed by atoms with Gasteiger partial charge < -0.3 is 11.1 Å². The third-order valence-electron chi connectivity index (χ3n) is 0.944. The number of rotatable bonds is 4. The quantitative estimate of drug-likeness (QED) is 0.706. The summed E-state index contributed by atoms with van der Waals surface area (Å²) < 4.78 is 0. The zero-order valence-corrected chi connectivity index (χ0v) is 8.26. The minimum atomic E-state index is 0. The third-order valence-corrected chi connectivity index (χ3v) is 0.944. The Hall–Kier alpha value is 0.01000. The molecule has 3 nitrogen and oxygen atoms in total. The summed E-state index contributed by atoms with van der Waals surface area (Å²) in [6.07, 6.45) is 1.51. The summed E-state index contributed by atoms with van der Waals surface area (Å²) in [6.45, 7) is 3.09. The summed E-state index contributed by atoms with van der Waals surface area (Å²) >= 11 is 0. The standard InChI is InChI=1S/C6H14N2O.2ClH/c1-2-3-6(9)8-5-4-7;;/h2-5,7H2,1H3,(H,8,9);2*1H. The van der Waals surface area contributed by atoms with Crippen LogP contribution >= 0.6 is 24.8 Å². The van der Waals surface area contributed by atoms with Crippen molar-refractivity contribution in [3.05, 3.63) is 0 Å². The molecule has 0 fully saturated rings. The molecule has 0 aliphatic carbocycles. The number of nitrogens with two attached hydrogens (primary N) is 1. The van der Waals surface area contributed by atoms with Crippen molar-refractivity contribution >= 4 is 30.7 Å². The van der Waals surface area contributed by atoms with Crippen molar-refractivity contribution < 1.29 is 4.79 Å². The fourth-order valence-electron chi connectivity index (χ4n) is 0.527. The molecule has 0 aromatic carbocycles. The van der Waals surface area contributed by atoms with Gasteiger partial charge in [-0.15, -0.1) is 24.8 Å². The second-order valence-electron chi connectivity index (χ2n) is 1.89. The minimum Gasteiger partial charge on any atom is -0.355 e. The molecule has 0 spiro atoms. The second kappa shape index (κ2) is 12.7. The predicted molar refractivity (Wildman–Crippen MR) is 51.5 cm³/mol. The van der Waals surface area contributed by atoms with Crippen molar-refractivity contribution in [2.45, 2.75) is 19.8 Å². The van der Waals surface area contributed by atoms with Gasteiger partial charge in [-0.2, -0.15) is 0 Å². The predicted octanol–water partition coefficient (Wildman–Crippen LogP) is 0.705. The molecule has 0 atom stereocenters. The highest BCUT2D eigenvalue weighted by molar-refractivity contribution is 5.85. The van der Waals surface area contributed by atoms with E-state index in [1.165, 1.54) is 0 Å². The maximum atomic E-state index is 10.6. The Kier molecular flexibility index (Phi) is 19.8. The molecule has 0 saturated carbocycles. The molecule has 70 valence electrons. The lowest BCUT2D eigenvalue weighted by Gasteiger charge is -1.99. The largest absolute Gasteiger partial charge is 0.355 e. The third kappa shape index (κ3) is 13.1. The van der Waals surface area contributed by atoms with Crippen LogP contribution in [0.4, 0.5) is 0 Å². The molecule has 0 aromatic heterocycles. The van der Waals surface area contributed by atoms with Gasteiger partial charge in [0.1, 0.15) is 0 Å². The molecule has 0 heterocycles. The van der Waals surface area contributed by atoms with Gasteiger partial charge in [-0.3, -0.25) is 4.79 Å². The van der Waals surface area contributed by atoms with E-state index in [1.807, 2.05) is 6.92 Å². The lowest BCUT2D eigenvalue weighted by molar-refractivity contribution is -0.121. The van der Waals surface area contributed by atoms with E-state index in [0.717, 1.165) is 6.42 Å². The molecule has 0 unspecified atom stereocenters. The average molecular weight is 203 g/mol. The summed E-state index contributed by atoms with van der Waals surface area (Å²) in [5.74, 6) is 0.1000. The van der Waals surface area contributed by atoms with Gasteiger partial charge in [-0.25, -0.2) is 0 Å². The highest BCUT2D eigenvalue weighted by Gasteiger charge is 1.94. The summed E-state index contributed by atoms with van der Waals surface area (Å²) in [7, 11) is 0. The Morgan fingerprint density at radius 3 is 2.36 bits per heavy atom. The van der Waals surface area contributed by atoms with Crippen LogP contribution in [0.5, 0.6) is 0 Å². The highest BCUT2D eigenvalue weighted by atomic mass is 35.5. The zero-order chi connectivity index (χ0) is 7.11. The van der Waals surface area contributed by atoms with Crippen molar-refractivity contribution in [1.29, 1.82) is 0 Å². The monoisotopic (exact) mass is 202 g/mol. The molecule has 1 amide bonds. The van der Waals surface area contributed by atoms with Crippen LogP contribution in [0.15, 0.2) is 0 Å². The maximum Gasteiger partial charge on any atom is 0.220 e. The van der Waals surface area contributed by atoms with Crippen LogP contribution in [0.1, 0.15) is 19.8 Å². The van der Waals surface area contributed by atoms with Gasteiger partial charge in [-0.1, -0.05) is 6.92 Å². The van der Waals surface area contributed by atoms with E-state index in [-0.39, 0.29) is 30.7 Å². The van der Waals surface area contributed by atoms with E-state index in [1.54, 1.807) is 0 Å². The van der Waals surface area contributed by atoms with E-state index in [0.29, 0.717) is 19.5 Å². The van der Waals surface area contributed by atoms with Crippen molar-refractivity contribution in [3.8, 4) is 0 Å². The van der Waals surface area contributed by atoms with Crippen LogP contribution < -0.4 is 11.1 Å². The number of carbonyl (C=O) groups is 1. The summed E-state index contributed by atoms with van der Waals surface area (Å²) in [5, 5.41) is 2.67. The lowest BCUT2D eigenvalue weighted by Crippen LogP contribution is -2.28. The topological polar surface area (TPSA) is 55.1 Å². The summed E-state index contributed by atoms with van der Waals surface area (Å²) in [6, 6.07) is 0. The van der Waals surface area contributed by atoms with E-state index in [9.17, 15) is 4.79 Å². The van der Waals surface area contributed by atoms with Crippen LogP contribution in [0.2, 0.25) is 0 Å². The van der Waals surface area contributed by atoms with Crippen LogP contribution in [-0.2, 0) is 4.79 Å². The fourth-order valence-corrected chi connectivity index (χ4v) is 0.527. The number of amides is 1. The number of nitrogens with one attached hydrogen (secondary N) is 1. The number of hydrogen-bond donors (Lipinski definition) is 2. The van der Waals surface area contributed by atoms with Gasteiger partial charge in [0.05, 0.1) is 0 Å². The molecule has 0 radical (unpaired) electrons. The van der Waals surface area contributed by atoms with Crippen molar-refractivity contribution in [1.82, 2.24) is 5.32 Å². The first-order valence-corrected chi connectivity index (χ1v) is 3.28. The van der Waals surface area contributed by atoms with Crippen molar-refractivity contribution in [3.63, 3.8) is 0 Å². The summed E-state index contributed by atoms with van der Waals surface area (Å²) in [5.41, 5.74) is 5.16. The fraction of sp³-hybridized carbons (Fsp3) is 0.833. The van der Waals surface area contributed by atoms with Crippen LogP contribution in [0.25, 0.3) is 0 Å². The molecular weight excluding hydrogens is 187 g/mol. The first-order chi connectivity index (χ1) is 4.31. The van der Waals surface area contributed by atoms with Crippen molar-refractivity contribution in [2.75, 3.05) is 13.1 Å². The van der Waals surface area contributed by atoms with Gasteiger partial charge in [0, 0.05) is 19.5 Å². The Bertz CT molecular complexity index is 90.7. The minimum absolute atomic E-state index is 0. The van der Waals surface area contributed by atoms with E-state index in [2.05, 4.69) is 5.32 Å². The number of carbonyl (C=O) groups excluding carboxylic acids is 1. The molecule has 0 aromatic rings. The second-order valence-corrected chi connectivity index (χ2v) is 1.89. The number of halogens is 2. The molecule has 0 aliphatic heterocycles. The Balaban J connectivity index is -0.000000320. The maximum absolute atomic E-state index is 10.6. The molecule has 5 heteroatoms. The van der Waals surface area contributed by atoms with Gasteiger partial charge in [0.15, 0.2) is 0 Å². The van der Waals surface area contributed by atoms with Gasteiger partial charge in [0.2, 0.25) is 5.91 Å². The SMILES string of the molecule is CCCC(=O)NCCN.Cl.Cl. The van der Waals surface area contributed by atoms with Gasteiger partial charge >= 0.3 is 0 Å².